The number of phenolic OH excluding ortho intramolecular Hbond substituents is 1. The number of likely N-dealkylation sites (tertiary alicyclic amines) is 1. The molecule has 2 fully saturated rings. The highest BCUT2D eigenvalue weighted by Crippen LogP contribution is 2.64. The molecule has 2 amide bonds. The Morgan fingerprint density at radius 1 is 1.05 bits per heavy atom. The van der Waals surface area contributed by atoms with E-state index in [0.717, 1.165) is 9.47 Å². The van der Waals surface area contributed by atoms with Crippen molar-refractivity contribution >= 4 is 50.9 Å². The molecule has 0 bridgehead atoms. The zero-order valence-corrected chi connectivity index (χ0v) is 23.7. The Kier molecular flexibility index (Phi) is 5.73. The molecule has 0 radical (unpaired) electrons. The van der Waals surface area contributed by atoms with Crippen LogP contribution >= 0.6 is 39.1 Å². The molecule has 3 heterocycles. The van der Waals surface area contributed by atoms with Crippen molar-refractivity contribution in [1.29, 1.82) is 0 Å². The standard InChI is InChI=1S/C26H21BrCl2N4O6/c1-30-21(35)25(28)12-17-15(8-9-31-23(37)32(24(38)33(17)31)14-6-4-3-5-7-14)19(26(25,29)22(30)36)16-10-13(27)11-18(39-2)20(16)34/h3-8,10-11,17,19,34H,9,12H2,1-2H3/t17-,19-,25-,26+/m1/s1. The topological polar surface area (TPSA) is 116 Å². The van der Waals surface area contributed by atoms with Crippen LogP contribution in [-0.2, 0) is 16.1 Å². The Hall–Kier alpha value is -3.28. The fourth-order valence-corrected chi connectivity index (χ4v) is 7.57. The van der Waals surface area contributed by atoms with Gasteiger partial charge in [-0.1, -0.05) is 40.2 Å². The Balaban J connectivity index is 1.65. The summed E-state index contributed by atoms with van der Waals surface area (Å²) in [5.74, 6) is -2.81. The summed E-state index contributed by atoms with van der Waals surface area (Å²) in [7, 11) is 2.67. The number of fused-ring (bicyclic) bond motifs is 4. The monoisotopic (exact) mass is 634 g/mol. The molecule has 10 nitrogen and oxygen atoms in total. The number of aromatic nitrogens is 3. The lowest BCUT2D eigenvalue weighted by Gasteiger charge is -2.49. The van der Waals surface area contributed by atoms with Gasteiger partial charge >= 0.3 is 11.4 Å². The number of allylic oxidation sites excluding steroid dienone is 2. The third kappa shape index (κ3) is 3.20. The van der Waals surface area contributed by atoms with Crippen LogP contribution in [0.4, 0.5) is 0 Å². The number of methoxy groups -OCH3 is 1. The van der Waals surface area contributed by atoms with E-state index in [-0.39, 0.29) is 30.0 Å². The minimum atomic E-state index is -2.04. The third-order valence-electron chi connectivity index (χ3n) is 7.90. The maximum atomic E-state index is 13.8. The van der Waals surface area contributed by atoms with Crippen LogP contribution in [0.1, 0.15) is 23.9 Å². The SMILES string of the molecule is COc1cc(Br)cc([C@H]2C3=CCn4c(=O)n(-c5ccccc5)c(=O)n4[C@@H]3C[C@@]3(Cl)C(=O)N(C)C(=O)[C@@]23Cl)c1O. The number of hydrogen-bond donors (Lipinski definition) is 1. The highest BCUT2D eigenvalue weighted by molar-refractivity contribution is 9.10. The summed E-state index contributed by atoms with van der Waals surface area (Å²) in [6.45, 7) is -0.0115. The van der Waals surface area contributed by atoms with E-state index in [9.17, 15) is 24.3 Å². The predicted molar refractivity (Wildman–Crippen MR) is 146 cm³/mol. The number of nitrogens with zero attached hydrogens (tertiary/aromatic N) is 4. The van der Waals surface area contributed by atoms with Gasteiger partial charge in [0.05, 0.1) is 25.4 Å². The summed E-state index contributed by atoms with van der Waals surface area (Å²) >= 11 is 17.6. The number of phenols is 1. The molecule has 1 saturated carbocycles. The Labute approximate surface area is 239 Å². The zero-order chi connectivity index (χ0) is 28.0. The molecule has 4 atom stereocenters. The van der Waals surface area contributed by atoms with Crippen LogP contribution in [0, 0.1) is 0 Å². The van der Waals surface area contributed by atoms with Crippen LogP contribution in [-0.4, -0.2) is 59.7 Å². The Morgan fingerprint density at radius 3 is 2.41 bits per heavy atom. The lowest BCUT2D eigenvalue weighted by Crippen LogP contribution is -2.59. The van der Waals surface area contributed by atoms with Crippen LogP contribution in [0.25, 0.3) is 5.69 Å². The van der Waals surface area contributed by atoms with E-state index in [1.165, 1.54) is 23.5 Å². The number of para-hydroxylation sites is 1. The first-order valence-corrected chi connectivity index (χ1v) is 13.5. The van der Waals surface area contributed by atoms with Gasteiger partial charge in [0.25, 0.3) is 11.8 Å². The average Bonchev–Trinajstić information content (AvgIpc) is 3.25. The number of alkyl halides is 2. The van der Waals surface area contributed by atoms with E-state index >= 15 is 0 Å². The molecular weight excluding hydrogens is 615 g/mol. The van der Waals surface area contributed by atoms with Crippen molar-refractivity contribution in [3.63, 3.8) is 0 Å². The van der Waals surface area contributed by atoms with Gasteiger partial charge in [0.2, 0.25) is 0 Å². The van der Waals surface area contributed by atoms with Gasteiger partial charge in [0.15, 0.2) is 21.2 Å². The predicted octanol–water partition coefficient (Wildman–Crippen LogP) is 2.90. The minimum Gasteiger partial charge on any atom is -0.504 e. The second-order valence-corrected chi connectivity index (χ2v) is 11.9. The van der Waals surface area contributed by atoms with Crippen molar-refractivity contribution in [3.05, 3.63) is 85.1 Å². The first kappa shape index (κ1) is 26.0. The summed E-state index contributed by atoms with van der Waals surface area (Å²) in [6, 6.07) is 10.7. The molecule has 1 N–H and O–H groups in total. The average molecular weight is 636 g/mol. The molecule has 1 aromatic heterocycles. The van der Waals surface area contributed by atoms with E-state index in [1.54, 1.807) is 48.5 Å². The van der Waals surface area contributed by atoms with Crippen molar-refractivity contribution < 1.29 is 19.4 Å². The molecule has 2 aromatic carbocycles. The summed E-state index contributed by atoms with van der Waals surface area (Å²) in [5, 5.41) is 11.2. The molecule has 3 aromatic rings. The lowest BCUT2D eigenvalue weighted by atomic mass is 9.64. The highest BCUT2D eigenvalue weighted by atomic mass is 79.9. The smallest absolute Gasteiger partial charge is 0.352 e. The quantitative estimate of drug-likeness (QED) is 0.269. The fourth-order valence-electron chi connectivity index (χ4n) is 6.12. The van der Waals surface area contributed by atoms with E-state index in [4.69, 9.17) is 27.9 Å². The van der Waals surface area contributed by atoms with Gasteiger partial charge < -0.3 is 9.84 Å². The second kappa shape index (κ2) is 8.61. The molecule has 0 unspecified atom stereocenters. The molecule has 0 spiro atoms. The van der Waals surface area contributed by atoms with Crippen molar-refractivity contribution in [2.24, 2.45) is 0 Å². The first-order chi connectivity index (χ1) is 18.5. The normalized spacial score (nSPS) is 27.6. The first-order valence-electron chi connectivity index (χ1n) is 11.9. The van der Waals surface area contributed by atoms with Crippen molar-refractivity contribution in [2.45, 2.75) is 34.7 Å². The van der Waals surface area contributed by atoms with Crippen LogP contribution in [0.15, 0.2) is 68.2 Å². The summed E-state index contributed by atoms with van der Waals surface area (Å²) < 4.78 is 9.43. The van der Waals surface area contributed by atoms with E-state index in [0.29, 0.717) is 15.7 Å². The van der Waals surface area contributed by atoms with Crippen LogP contribution in [0.3, 0.4) is 0 Å². The molecule has 1 saturated heterocycles. The Morgan fingerprint density at radius 2 is 1.74 bits per heavy atom. The van der Waals surface area contributed by atoms with Gasteiger partial charge in [-0.3, -0.25) is 14.5 Å². The number of imide groups is 1. The fraction of sp³-hybridized carbons (Fsp3) is 0.308. The maximum Gasteiger partial charge on any atom is 0.352 e. The van der Waals surface area contributed by atoms with Crippen LogP contribution in [0.5, 0.6) is 11.5 Å². The van der Waals surface area contributed by atoms with E-state index < -0.39 is 44.9 Å². The summed E-state index contributed by atoms with van der Waals surface area (Å²) in [6.07, 6.45) is 1.47. The Bertz CT molecular complexity index is 1730. The number of carbonyl (C=O) groups is 2. The van der Waals surface area contributed by atoms with Crippen molar-refractivity contribution in [1.82, 2.24) is 18.8 Å². The number of benzene rings is 2. The molecular formula is C26H21BrCl2N4O6. The molecule has 13 heteroatoms. The van der Waals surface area contributed by atoms with Crippen molar-refractivity contribution in [3.8, 4) is 17.2 Å². The number of aromatic hydroxyl groups is 1. The molecule has 202 valence electrons. The lowest BCUT2D eigenvalue weighted by molar-refractivity contribution is -0.137. The van der Waals surface area contributed by atoms with Gasteiger partial charge in [-0.05, 0) is 29.8 Å². The van der Waals surface area contributed by atoms with E-state index in [2.05, 4.69) is 15.9 Å². The number of rotatable bonds is 3. The summed E-state index contributed by atoms with van der Waals surface area (Å²) in [4.78, 5) is 51.2. The number of amides is 2. The van der Waals surface area contributed by atoms with Crippen molar-refractivity contribution in [2.75, 3.05) is 14.2 Å². The molecule has 1 aliphatic carbocycles. The zero-order valence-electron chi connectivity index (χ0n) is 20.6. The molecule has 39 heavy (non-hydrogen) atoms. The number of hydrogen-bond acceptors (Lipinski definition) is 6. The number of ether oxygens (including phenoxy) is 1. The molecule has 6 rings (SSSR count). The number of carbonyl (C=O) groups excluding carboxylic acids is 2. The second-order valence-electron chi connectivity index (χ2n) is 9.75. The molecule has 3 aliphatic rings. The van der Waals surface area contributed by atoms with Crippen LogP contribution < -0.4 is 16.1 Å². The third-order valence-corrected chi connectivity index (χ3v) is 9.77. The van der Waals surface area contributed by atoms with Gasteiger partial charge in [-0.25, -0.2) is 23.5 Å². The van der Waals surface area contributed by atoms with Gasteiger partial charge in [0.1, 0.15) is 0 Å². The van der Waals surface area contributed by atoms with E-state index in [1.807, 2.05) is 0 Å². The van der Waals surface area contributed by atoms with Gasteiger partial charge in [-0.15, -0.1) is 23.2 Å². The summed E-state index contributed by atoms with van der Waals surface area (Å²) in [5.41, 5.74) is -0.170. The van der Waals surface area contributed by atoms with Gasteiger partial charge in [0, 0.05) is 29.4 Å². The van der Waals surface area contributed by atoms with Gasteiger partial charge in [-0.2, -0.15) is 0 Å². The number of halogens is 3. The van der Waals surface area contributed by atoms with Crippen LogP contribution in [0.2, 0.25) is 0 Å². The minimum absolute atomic E-state index is 0.0115. The molecule has 2 aliphatic heterocycles. The largest absolute Gasteiger partial charge is 0.504 e. The highest BCUT2D eigenvalue weighted by Gasteiger charge is 2.75. The maximum absolute atomic E-state index is 13.8.